The van der Waals surface area contributed by atoms with Gasteiger partial charge >= 0.3 is 0 Å². The summed E-state index contributed by atoms with van der Waals surface area (Å²) < 4.78 is 5.42. The van der Waals surface area contributed by atoms with Gasteiger partial charge in [0.2, 0.25) is 0 Å². The number of rotatable bonds is 6. The predicted octanol–water partition coefficient (Wildman–Crippen LogP) is 4.24. The van der Waals surface area contributed by atoms with E-state index in [-0.39, 0.29) is 0 Å². The number of aryl methyl sites for hydroxylation is 1. The Morgan fingerprint density at radius 1 is 1.60 bits per heavy atom. The zero-order chi connectivity index (χ0) is 10.7. The zero-order valence-corrected chi connectivity index (χ0v) is 11.4. The molecule has 1 aliphatic carbocycles. The van der Waals surface area contributed by atoms with Crippen molar-refractivity contribution in [2.45, 2.75) is 25.5 Å². The molecule has 0 N–H and O–H groups in total. The Morgan fingerprint density at radius 2 is 2.40 bits per heavy atom. The first-order valence-electron chi connectivity index (χ1n) is 5.48. The zero-order valence-electron chi connectivity index (χ0n) is 9.04. The van der Waals surface area contributed by atoms with Crippen LogP contribution in [0.3, 0.4) is 0 Å². The minimum Gasteiger partial charge on any atom is -0.468 e. The second-order valence-corrected chi connectivity index (χ2v) is 5.97. The molecule has 1 aliphatic rings. The van der Waals surface area contributed by atoms with E-state index < -0.39 is 0 Å². The largest absolute Gasteiger partial charge is 0.468 e. The first-order valence-corrected chi connectivity index (χ1v) is 7.75. The van der Waals surface area contributed by atoms with Crippen molar-refractivity contribution in [3.63, 3.8) is 0 Å². The van der Waals surface area contributed by atoms with Gasteiger partial charge in [0, 0.05) is 5.33 Å². The second-order valence-electron chi connectivity index (χ2n) is 4.29. The van der Waals surface area contributed by atoms with Gasteiger partial charge < -0.3 is 4.42 Å². The van der Waals surface area contributed by atoms with E-state index >= 15 is 0 Å². The molecule has 1 unspecified atom stereocenters. The Bertz CT molecular complexity index is 306. The van der Waals surface area contributed by atoms with Crippen molar-refractivity contribution in [1.29, 1.82) is 0 Å². The van der Waals surface area contributed by atoms with Crippen LogP contribution in [0.4, 0.5) is 0 Å². The molecule has 1 fully saturated rings. The summed E-state index contributed by atoms with van der Waals surface area (Å²) in [4.78, 5) is 0. The summed E-state index contributed by atoms with van der Waals surface area (Å²) in [5.74, 6) is 5.29. The van der Waals surface area contributed by atoms with Crippen molar-refractivity contribution in [2.24, 2.45) is 11.8 Å². The normalized spacial score (nSPS) is 18.0. The van der Waals surface area contributed by atoms with Crippen LogP contribution in [0.1, 0.15) is 24.2 Å². The van der Waals surface area contributed by atoms with Gasteiger partial charge in [0.1, 0.15) is 5.76 Å². The summed E-state index contributed by atoms with van der Waals surface area (Å²) >= 11 is 5.62. The third kappa shape index (κ3) is 3.28. The van der Waals surface area contributed by atoms with Gasteiger partial charge in [-0.05, 0) is 49.0 Å². The maximum atomic E-state index is 5.42. The van der Waals surface area contributed by atoms with Gasteiger partial charge in [-0.3, -0.25) is 0 Å². The molecule has 1 nitrogen and oxygen atoms in total. The number of furan rings is 1. The van der Waals surface area contributed by atoms with Crippen molar-refractivity contribution in [2.75, 3.05) is 11.1 Å². The van der Waals surface area contributed by atoms with E-state index in [1.165, 1.54) is 24.2 Å². The third-order valence-electron chi connectivity index (χ3n) is 3.02. The SMILES string of the molecule is Cc1ccoc1CSCC(CBr)C1CC1. The lowest BCUT2D eigenvalue weighted by Crippen LogP contribution is -2.07. The quantitative estimate of drug-likeness (QED) is 0.727. The van der Waals surface area contributed by atoms with E-state index in [4.69, 9.17) is 4.42 Å². The first-order chi connectivity index (χ1) is 7.31. The molecule has 2 rings (SSSR count). The van der Waals surface area contributed by atoms with Crippen LogP contribution in [0.15, 0.2) is 16.7 Å². The molecular formula is C12H17BrOS. The molecule has 15 heavy (non-hydrogen) atoms. The first kappa shape index (κ1) is 11.6. The molecule has 0 radical (unpaired) electrons. The Hall–Kier alpha value is 0.110. The lowest BCUT2D eigenvalue weighted by atomic mass is 10.1. The Morgan fingerprint density at radius 3 is 2.93 bits per heavy atom. The predicted molar refractivity (Wildman–Crippen MR) is 69.6 cm³/mol. The number of alkyl halides is 1. The van der Waals surface area contributed by atoms with Gasteiger partial charge in [0.15, 0.2) is 0 Å². The van der Waals surface area contributed by atoms with Gasteiger partial charge in [-0.2, -0.15) is 11.8 Å². The molecule has 1 heterocycles. The highest BCUT2D eigenvalue weighted by atomic mass is 79.9. The number of thioether (sulfide) groups is 1. The van der Waals surface area contributed by atoms with Crippen LogP contribution in [0.2, 0.25) is 0 Å². The molecular weight excluding hydrogens is 272 g/mol. The summed E-state index contributed by atoms with van der Waals surface area (Å²) in [5, 5.41) is 1.15. The van der Waals surface area contributed by atoms with Crippen LogP contribution in [0.25, 0.3) is 0 Å². The van der Waals surface area contributed by atoms with Crippen molar-refractivity contribution in [3.8, 4) is 0 Å². The highest BCUT2D eigenvalue weighted by Crippen LogP contribution is 2.39. The molecule has 0 amide bonds. The lowest BCUT2D eigenvalue weighted by molar-refractivity contribution is 0.527. The van der Waals surface area contributed by atoms with Crippen LogP contribution in [-0.4, -0.2) is 11.1 Å². The van der Waals surface area contributed by atoms with E-state index in [0.717, 1.165) is 28.7 Å². The Kier molecular flexibility index (Phi) is 4.21. The van der Waals surface area contributed by atoms with Crippen LogP contribution < -0.4 is 0 Å². The molecule has 1 saturated carbocycles. The standard InChI is InChI=1S/C12H17BrOS/c1-9-4-5-14-12(9)8-15-7-11(6-13)10-2-3-10/h4-5,10-11H,2-3,6-8H2,1H3. The van der Waals surface area contributed by atoms with Crippen molar-refractivity contribution in [3.05, 3.63) is 23.7 Å². The summed E-state index contributed by atoms with van der Waals surface area (Å²) in [6.45, 7) is 2.11. The average molecular weight is 289 g/mol. The summed E-state index contributed by atoms with van der Waals surface area (Å²) in [6.07, 6.45) is 4.67. The van der Waals surface area contributed by atoms with Gasteiger partial charge in [0.25, 0.3) is 0 Å². The van der Waals surface area contributed by atoms with Gasteiger partial charge in [-0.25, -0.2) is 0 Å². The second kappa shape index (κ2) is 5.44. The summed E-state index contributed by atoms with van der Waals surface area (Å²) in [6, 6.07) is 2.04. The topological polar surface area (TPSA) is 13.1 Å². The molecule has 0 saturated heterocycles. The van der Waals surface area contributed by atoms with Gasteiger partial charge in [-0.1, -0.05) is 15.9 Å². The smallest absolute Gasteiger partial charge is 0.116 e. The molecule has 0 aliphatic heterocycles. The maximum absolute atomic E-state index is 5.42. The molecule has 1 atom stereocenters. The van der Waals surface area contributed by atoms with Crippen LogP contribution in [0, 0.1) is 18.8 Å². The number of hydrogen-bond acceptors (Lipinski definition) is 2. The average Bonchev–Trinajstić information content (AvgIpc) is 2.99. The monoisotopic (exact) mass is 288 g/mol. The molecule has 1 aromatic rings. The third-order valence-corrected chi connectivity index (χ3v) is 4.98. The van der Waals surface area contributed by atoms with Crippen molar-refractivity contribution < 1.29 is 4.42 Å². The van der Waals surface area contributed by atoms with E-state index in [1.54, 1.807) is 6.26 Å². The van der Waals surface area contributed by atoms with Gasteiger partial charge in [-0.15, -0.1) is 0 Å². The highest BCUT2D eigenvalue weighted by molar-refractivity contribution is 9.09. The number of halogens is 1. The molecule has 84 valence electrons. The highest BCUT2D eigenvalue weighted by Gasteiger charge is 2.30. The van der Waals surface area contributed by atoms with Gasteiger partial charge in [0.05, 0.1) is 12.0 Å². The van der Waals surface area contributed by atoms with E-state index in [9.17, 15) is 0 Å². The fraction of sp³-hybridized carbons (Fsp3) is 0.667. The summed E-state index contributed by atoms with van der Waals surface area (Å²) in [5.41, 5.74) is 1.28. The minimum atomic E-state index is 0.866. The van der Waals surface area contributed by atoms with Crippen molar-refractivity contribution in [1.82, 2.24) is 0 Å². The van der Waals surface area contributed by atoms with E-state index in [1.807, 2.05) is 17.8 Å². The molecule has 0 aromatic carbocycles. The summed E-state index contributed by atoms with van der Waals surface area (Å²) in [7, 11) is 0. The van der Waals surface area contributed by atoms with Crippen LogP contribution >= 0.6 is 27.7 Å². The Balaban J connectivity index is 1.72. The van der Waals surface area contributed by atoms with E-state index in [0.29, 0.717) is 0 Å². The maximum Gasteiger partial charge on any atom is 0.116 e. The molecule has 0 bridgehead atoms. The molecule has 3 heteroatoms. The molecule has 0 spiro atoms. The minimum absolute atomic E-state index is 0.866. The van der Waals surface area contributed by atoms with Crippen LogP contribution in [-0.2, 0) is 5.75 Å². The Labute approximate surface area is 104 Å². The fourth-order valence-corrected chi connectivity index (χ4v) is 4.08. The lowest BCUT2D eigenvalue weighted by Gasteiger charge is -2.11. The fourth-order valence-electron chi connectivity index (χ4n) is 1.73. The van der Waals surface area contributed by atoms with E-state index in [2.05, 4.69) is 22.9 Å². The van der Waals surface area contributed by atoms with Crippen LogP contribution in [0.5, 0.6) is 0 Å². The number of hydrogen-bond donors (Lipinski definition) is 0. The molecule has 1 aromatic heterocycles. The van der Waals surface area contributed by atoms with Crippen molar-refractivity contribution >= 4 is 27.7 Å².